The number of hydrogen-bond donors (Lipinski definition) is 2. The van der Waals surface area contributed by atoms with Crippen molar-refractivity contribution in [2.24, 2.45) is 5.92 Å². The molecule has 4 nitrogen and oxygen atoms in total. The van der Waals surface area contributed by atoms with Crippen LogP contribution in [-0.2, 0) is 0 Å². The van der Waals surface area contributed by atoms with Gasteiger partial charge in [-0.25, -0.2) is 0 Å². The summed E-state index contributed by atoms with van der Waals surface area (Å²) in [5, 5.41) is 17.7. The minimum absolute atomic E-state index is 0.0289. The zero-order valence-corrected chi connectivity index (χ0v) is 12.1. The zero-order chi connectivity index (χ0) is 15.1. The summed E-state index contributed by atoms with van der Waals surface area (Å²) < 4.78 is 0. The molecular weight excluding hydrogens is 266 g/mol. The molecule has 0 saturated carbocycles. The molecule has 1 fully saturated rings. The molecule has 1 aromatic rings. The summed E-state index contributed by atoms with van der Waals surface area (Å²) in [6.45, 7) is 1.71. The Hall–Kier alpha value is -1.83. The molecule has 2 rings (SSSR count). The molecule has 1 unspecified atom stereocenters. The van der Waals surface area contributed by atoms with Gasteiger partial charge in [-0.15, -0.1) is 0 Å². The summed E-state index contributed by atoms with van der Waals surface area (Å²) in [4.78, 5) is 14.3. The second-order valence-corrected chi connectivity index (χ2v) is 5.27. The van der Waals surface area contributed by atoms with Gasteiger partial charge in [-0.3, -0.25) is 4.79 Å². The lowest BCUT2D eigenvalue weighted by atomic mass is 10.1. The maximum absolute atomic E-state index is 12.5. The molecule has 1 heterocycles. The van der Waals surface area contributed by atoms with Gasteiger partial charge in [0.15, 0.2) is 0 Å². The number of hydrogen-bond acceptors (Lipinski definition) is 3. The molecule has 1 amide bonds. The molecule has 1 aliphatic heterocycles. The first kappa shape index (κ1) is 15.6. The van der Waals surface area contributed by atoms with Gasteiger partial charge in [0, 0.05) is 37.2 Å². The summed E-state index contributed by atoms with van der Waals surface area (Å²) in [6.07, 6.45) is 2.16. The van der Waals surface area contributed by atoms with Crippen molar-refractivity contribution >= 4 is 5.91 Å². The number of likely N-dealkylation sites (tertiary alicyclic amines) is 1. The summed E-state index contributed by atoms with van der Waals surface area (Å²) in [5.41, 5.74) is 1.44. The molecule has 112 valence electrons. The highest BCUT2D eigenvalue weighted by molar-refractivity contribution is 5.94. The van der Waals surface area contributed by atoms with Crippen LogP contribution in [0.15, 0.2) is 24.3 Å². The Balaban J connectivity index is 2.03. The fraction of sp³-hybridized carbons (Fsp3) is 0.471. The van der Waals surface area contributed by atoms with E-state index in [1.807, 2.05) is 17.0 Å². The van der Waals surface area contributed by atoms with Crippen molar-refractivity contribution in [3.8, 4) is 11.8 Å². The smallest absolute Gasteiger partial charge is 0.253 e. The normalized spacial score (nSPS) is 17.4. The van der Waals surface area contributed by atoms with Crippen LogP contribution in [0, 0.1) is 17.8 Å². The van der Waals surface area contributed by atoms with Crippen LogP contribution in [0.4, 0.5) is 0 Å². The Morgan fingerprint density at radius 1 is 1.33 bits per heavy atom. The van der Waals surface area contributed by atoms with Gasteiger partial charge in [0.1, 0.15) is 0 Å². The number of aliphatic hydroxyl groups is 2. The minimum atomic E-state index is 0.0289. The molecule has 2 N–H and O–H groups in total. The molecule has 0 radical (unpaired) electrons. The van der Waals surface area contributed by atoms with Gasteiger partial charge in [-0.1, -0.05) is 17.9 Å². The zero-order valence-electron chi connectivity index (χ0n) is 12.1. The van der Waals surface area contributed by atoms with Crippen LogP contribution < -0.4 is 0 Å². The molecule has 21 heavy (non-hydrogen) atoms. The third-order valence-electron chi connectivity index (χ3n) is 3.69. The van der Waals surface area contributed by atoms with E-state index in [-0.39, 0.29) is 19.1 Å². The highest BCUT2D eigenvalue weighted by atomic mass is 16.3. The fourth-order valence-electron chi connectivity index (χ4n) is 2.57. The maximum atomic E-state index is 12.5. The topological polar surface area (TPSA) is 60.8 Å². The van der Waals surface area contributed by atoms with Crippen molar-refractivity contribution in [1.29, 1.82) is 0 Å². The Labute approximate surface area is 125 Å². The number of benzene rings is 1. The van der Waals surface area contributed by atoms with E-state index < -0.39 is 0 Å². The molecule has 1 saturated heterocycles. The van der Waals surface area contributed by atoms with E-state index in [0.717, 1.165) is 31.5 Å². The monoisotopic (exact) mass is 287 g/mol. The van der Waals surface area contributed by atoms with E-state index in [0.29, 0.717) is 17.9 Å². The Bertz CT molecular complexity index is 544. The number of carbonyl (C=O) groups is 1. The second kappa shape index (κ2) is 7.82. The van der Waals surface area contributed by atoms with Gasteiger partial charge >= 0.3 is 0 Å². The second-order valence-electron chi connectivity index (χ2n) is 5.27. The molecule has 1 atom stereocenters. The summed E-state index contributed by atoms with van der Waals surface area (Å²) in [5.74, 6) is 6.24. The van der Waals surface area contributed by atoms with E-state index in [1.165, 1.54) is 0 Å². The summed E-state index contributed by atoms with van der Waals surface area (Å²) in [7, 11) is 0. The molecule has 0 aromatic heterocycles. The number of carbonyl (C=O) groups excluding carboxylic acids is 1. The highest BCUT2D eigenvalue weighted by Crippen LogP contribution is 2.21. The van der Waals surface area contributed by atoms with Crippen molar-refractivity contribution in [2.75, 3.05) is 26.3 Å². The van der Waals surface area contributed by atoms with Crippen molar-refractivity contribution in [1.82, 2.24) is 4.90 Å². The molecule has 1 aromatic carbocycles. The fourth-order valence-corrected chi connectivity index (χ4v) is 2.57. The lowest BCUT2D eigenvalue weighted by Gasteiger charge is -2.16. The van der Waals surface area contributed by atoms with Crippen LogP contribution in [0.1, 0.15) is 35.2 Å². The molecular formula is C17H21NO3. The third-order valence-corrected chi connectivity index (χ3v) is 3.69. The number of amides is 1. The van der Waals surface area contributed by atoms with Crippen LogP contribution >= 0.6 is 0 Å². The first-order chi connectivity index (χ1) is 10.2. The lowest BCUT2D eigenvalue weighted by Crippen LogP contribution is -2.28. The number of aliphatic hydroxyl groups excluding tert-OH is 2. The average molecular weight is 287 g/mol. The van der Waals surface area contributed by atoms with Crippen LogP contribution in [-0.4, -0.2) is 47.3 Å². The molecule has 0 bridgehead atoms. The standard InChI is InChI=1S/C17H21NO3/c19-10-2-1-4-14-5-3-6-16(12-14)17(21)18-9-7-15(13-18)8-11-20/h3,5-6,12,15,19-20H,2,7-11,13H2. The van der Waals surface area contributed by atoms with Crippen molar-refractivity contribution in [3.05, 3.63) is 35.4 Å². The quantitative estimate of drug-likeness (QED) is 0.820. The van der Waals surface area contributed by atoms with Crippen molar-refractivity contribution < 1.29 is 15.0 Å². The molecule has 0 spiro atoms. The largest absolute Gasteiger partial charge is 0.396 e. The van der Waals surface area contributed by atoms with Crippen LogP contribution in [0.2, 0.25) is 0 Å². The van der Waals surface area contributed by atoms with E-state index in [1.54, 1.807) is 12.1 Å². The van der Waals surface area contributed by atoms with E-state index >= 15 is 0 Å². The lowest BCUT2D eigenvalue weighted by molar-refractivity contribution is 0.0784. The van der Waals surface area contributed by atoms with Gasteiger partial charge in [0.05, 0.1) is 6.61 Å². The van der Waals surface area contributed by atoms with Gasteiger partial charge in [0.2, 0.25) is 0 Å². The predicted octanol–water partition coefficient (Wildman–Crippen LogP) is 1.27. The number of nitrogens with zero attached hydrogens (tertiary/aromatic N) is 1. The van der Waals surface area contributed by atoms with E-state index in [9.17, 15) is 4.79 Å². The molecule has 1 aliphatic rings. The maximum Gasteiger partial charge on any atom is 0.253 e. The molecule has 0 aliphatic carbocycles. The Morgan fingerprint density at radius 2 is 2.19 bits per heavy atom. The SMILES string of the molecule is O=C(c1cccc(C#CCCO)c1)N1CCC(CCO)C1. The molecule has 4 heteroatoms. The van der Waals surface area contributed by atoms with Crippen molar-refractivity contribution in [3.63, 3.8) is 0 Å². The first-order valence-electron chi connectivity index (χ1n) is 7.34. The summed E-state index contributed by atoms with van der Waals surface area (Å²) in [6, 6.07) is 7.29. The highest BCUT2D eigenvalue weighted by Gasteiger charge is 2.26. The van der Waals surface area contributed by atoms with Gasteiger partial charge in [-0.05, 0) is 37.0 Å². The third kappa shape index (κ3) is 4.32. The van der Waals surface area contributed by atoms with Crippen LogP contribution in [0.5, 0.6) is 0 Å². The minimum Gasteiger partial charge on any atom is -0.396 e. The van der Waals surface area contributed by atoms with Gasteiger partial charge < -0.3 is 15.1 Å². The summed E-state index contributed by atoms with van der Waals surface area (Å²) >= 11 is 0. The Kier molecular flexibility index (Phi) is 5.79. The first-order valence-corrected chi connectivity index (χ1v) is 7.34. The van der Waals surface area contributed by atoms with E-state index in [2.05, 4.69) is 11.8 Å². The van der Waals surface area contributed by atoms with Gasteiger partial charge in [-0.2, -0.15) is 0 Å². The van der Waals surface area contributed by atoms with Crippen LogP contribution in [0.3, 0.4) is 0 Å². The van der Waals surface area contributed by atoms with Gasteiger partial charge in [0.25, 0.3) is 5.91 Å². The van der Waals surface area contributed by atoms with Crippen LogP contribution in [0.25, 0.3) is 0 Å². The number of rotatable bonds is 4. The predicted molar refractivity (Wildman–Crippen MR) is 80.7 cm³/mol. The average Bonchev–Trinajstić information content (AvgIpc) is 2.96. The van der Waals surface area contributed by atoms with Crippen molar-refractivity contribution in [2.45, 2.75) is 19.3 Å². The van der Waals surface area contributed by atoms with E-state index in [4.69, 9.17) is 10.2 Å². The Morgan fingerprint density at radius 3 is 2.95 bits per heavy atom.